The van der Waals surface area contributed by atoms with Crippen molar-refractivity contribution in [3.05, 3.63) is 0 Å². The lowest BCUT2D eigenvalue weighted by molar-refractivity contribution is -0.135. The van der Waals surface area contributed by atoms with E-state index in [0.717, 1.165) is 25.9 Å². The molecule has 21 heavy (non-hydrogen) atoms. The van der Waals surface area contributed by atoms with Crippen molar-refractivity contribution in [1.29, 1.82) is 0 Å². The van der Waals surface area contributed by atoms with Gasteiger partial charge in [-0.15, -0.1) is 0 Å². The number of carbonyl (C=O) groups is 2. The highest BCUT2D eigenvalue weighted by molar-refractivity contribution is 5.79. The van der Waals surface area contributed by atoms with Gasteiger partial charge in [-0.25, -0.2) is 0 Å². The standard InChI is InChI=1S/C16H29N3O2/c1-12(2)16(21)19-9-7-14(8-10-19)18-15(20)11-17-13-5-3-4-6-13/h12-14,17H,3-11H2,1-2H3,(H,18,20). The van der Waals surface area contributed by atoms with E-state index in [-0.39, 0.29) is 23.8 Å². The fourth-order valence-corrected chi connectivity index (χ4v) is 3.26. The predicted octanol–water partition coefficient (Wildman–Crippen LogP) is 1.28. The van der Waals surface area contributed by atoms with Gasteiger partial charge in [-0.3, -0.25) is 9.59 Å². The van der Waals surface area contributed by atoms with Crippen LogP contribution in [0.15, 0.2) is 0 Å². The molecule has 2 aliphatic rings. The third-order valence-corrected chi connectivity index (χ3v) is 4.57. The van der Waals surface area contributed by atoms with E-state index >= 15 is 0 Å². The van der Waals surface area contributed by atoms with Crippen molar-refractivity contribution in [1.82, 2.24) is 15.5 Å². The summed E-state index contributed by atoms with van der Waals surface area (Å²) in [5.41, 5.74) is 0. The Labute approximate surface area is 127 Å². The fraction of sp³-hybridized carbons (Fsp3) is 0.875. The van der Waals surface area contributed by atoms with E-state index in [2.05, 4.69) is 10.6 Å². The summed E-state index contributed by atoms with van der Waals surface area (Å²) in [6.45, 7) is 5.82. The summed E-state index contributed by atoms with van der Waals surface area (Å²) < 4.78 is 0. The summed E-state index contributed by atoms with van der Waals surface area (Å²) in [7, 11) is 0. The van der Waals surface area contributed by atoms with Gasteiger partial charge in [-0.05, 0) is 25.7 Å². The first-order chi connectivity index (χ1) is 10.1. The molecule has 1 saturated heterocycles. The molecule has 0 atom stereocenters. The van der Waals surface area contributed by atoms with E-state index in [1.54, 1.807) is 0 Å². The van der Waals surface area contributed by atoms with E-state index in [0.29, 0.717) is 12.6 Å². The van der Waals surface area contributed by atoms with Gasteiger partial charge < -0.3 is 15.5 Å². The van der Waals surface area contributed by atoms with Crippen LogP contribution >= 0.6 is 0 Å². The number of nitrogens with zero attached hydrogens (tertiary/aromatic N) is 1. The van der Waals surface area contributed by atoms with Gasteiger partial charge in [0.2, 0.25) is 11.8 Å². The van der Waals surface area contributed by atoms with Crippen LogP contribution in [0.3, 0.4) is 0 Å². The average molecular weight is 295 g/mol. The molecule has 1 aliphatic carbocycles. The van der Waals surface area contributed by atoms with Crippen LogP contribution in [0.2, 0.25) is 0 Å². The van der Waals surface area contributed by atoms with Crippen LogP contribution in [0.1, 0.15) is 52.4 Å². The van der Waals surface area contributed by atoms with Gasteiger partial charge in [0.05, 0.1) is 6.54 Å². The highest BCUT2D eigenvalue weighted by atomic mass is 16.2. The number of amides is 2. The van der Waals surface area contributed by atoms with Crippen molar-refractivity contribution < 1.29 is 9.59 Å². The van der Waals surface area contributed by atoms with Crippen LogP contribution in [0.5, 0.6) is 0 Å². The zero-order valence-corrected chi connectivity index (χ0v) is 13.4. The molecule has 0 radical (unpaired) electrons. The molecule has 0 bridgehead atoms. The quantitative estimate of drug-likeness (QED) is 0.803. The molecule has 0 unspecified atom stereocenters. The molecule has 120 valence electrons. The number of rotatable bonds is 5. The van der Waals surface area contributed by atoms with E-state index < -0.39 is 0 Å². The molecule has 2 amide bonds. The summed E-state index contributed by atoms with van der Waals surface area (Å²) in [4.78, 5) is 25.8. The number of carbonyl (C=O) groups excluding carboxylic acids is 2. The first-order valence-corrected chi connectivity index (χ1v) is 8.38. The molecule has 5 heteroatoms. The first kappa shape index (κ1) is 16.3. The monoisotopic (exact) mass is 295 g/mol. The summed E-state index contributed by atoms with van der Waals surface area (Å²) in [5, 5.41) is 6.43. The van der Waals surface area contributed by atoms with Crippen molar-refractivity contribution in [3.63, 3.8) is 0 Å². The van der Waals surface area contributed by atoms with Crippen LogP contribution in [0, 0.1) is 5.92 Å². The molecule has 5 nitrogen and oxygen atoms in total. The van der Waals surface area contributed by atoms with E-state index in [1.807, 2.05) is 18.7 Å². The zero-order chi connectivity index (χ0) is 15.2. The Hall–Kier alpha value is -1.10. The third-order valence-electron chi connectivity index (χ3n) is 4.57. The van der Waals surface area contributed by atoms with Crippen molar-refractivity contribution in [3.8, 4) is 0 Å². The number of piperidine rings is 1. The molecule has 2 fully saturated rings. The molecule has 0 aromatic carbocycles. The summed E-state index contributed by atoms with van der Waals surface area (Å²) in [5.74, 6) is 0.380. The van der Waals surface area contributed by atoms with Gasteiger partial charge >= 0.3 is 0 Å². The van der Waals surface area contributed by atoms with E-state index in [4.69, 9.17) is 0 Å². The highest BCUT2D eigenvalue weighted by Gasteiger charge is 2.25. The summed E-state index contributed by atoms with van der Waals surface area (Å²) in [6.07, 6.45) is 6.69. The molecule has 0 spiro atoms. The van der Waals surface area contributed by atoms with Crippen molar-refractivity contribution in [2.24, 2.45) is 5.92 Å². The molecular weight excluding hydrogens is 266 g/mol. The topological polar surface area (TPSA) is 61.4 Å². The Kier molecular flexibility index (Phi) is 6.03. The molecule has 0 aromatic heterocycles. The second-order valence-corrected chi connectivity index (χ2v) is 6.68. The van der Waals surface area contributed by atoms with Gasteiger partial charge in [0.25, 0.3) is 0 Å². The van der Waals surface area contributed by atoms with Gasteiger partial charge in [-0.1, -0.05) is 26.7 Å². The molecule has 0 aromatic rings. The zero-order valence-electron chi connectivity index (χ0n) is 13.4. The second kappa shape index (κ2) is 7.78. The molecule has 1 heterocycles. The molecular formula is C16H29N3O2. The fourth-order valence-electron chi connectivity index (χ4n) is 3.26. The molecule has 2 rings (SSSR count). The van der Waals surface area contributed by atoms with Crippen LogP contribution < -0.4 is 10.6 Å². The number of likely N-dealkylation sites (tertiary alicyclic amines) is 1. The minimum Gasteiger partial charge on any atom is -0.352 e. The number of hydrogen-bond donors (Lipinski definition) is 2. The Morgan fingerprint density at radius 3 is 2.24 bits per heavy atom. The summed E-state index contributed by atoms with van der Waals surface area (Å²) >= 11 is 0. The molecule has 1 aliphatic heterocycles. The second-order valence-electron chi connectivity index (χ2n) is 6.68. The lowest BCUT2D eigenvalue weighted by atomic mass is 10.0. The van der Waals surface area contributed by atoms with Crippen LogP contribution in [0.4, 0.5) is 0 Å². The maximum Gasteiger partial charge on any atom is 0.234 e. The third kappa shape index (κ3) is 4.99. The minimum atomic E-state index is 0.0618. The molecule has 1 saturated carbocycles. The lowest BCUT2D eigenvalue weighted by Gasteiger charge is -2.33. The van der Waals surface area contributed by atoms with Gasteiger partial charge in [-0.2, -0.15) is 0 Å². The van der Waals surface area contributed by atoms with Crippen molar-refractivity contribution in [2.75, 3.05) is 19.6 Å². The average Bonchev–Trinajstić information content (AvgIpc) is 2.98. The van der Waals surface area contributed by atoms with Gasteiger partial charge in [0, 0.05) is 31.1 Å². The van der Waals surface area contributed by atoms with Crippen molar-refractivity contribution in [2.45, 2.75) is 64.5 Å². The van der Waals surface area contributed by atoms with Crippen molar-refractivity contribution >= 4 is 11.8 Å². The predicted molar refractivity (Wildman–Crippen MR) is 82.8 cm³/mol. The maximum absolute atomic E-state index is 11.9. The summed E-state index contributed by atoms with van der Waals surface area (Å²) in [6, 6.07) is 0.750. The van der Waals surface area contributed by atoms with Crippen LogP contribution in [0.25, 0.3) is 0 Å². The SMILES string of the molecule is CC(C)C(=O)N1CCC(NC(=O)CNC2CCCC2)CC1. The number of nitrogens with one attached hydrogen (secondary N) is 2. The van der Waals surface area contributed by atoms with Gasteiger partial charge in [0.1, 0.15) is 0 Å². The Bertz CT molecular complexity index is 357. The smallest absolute Gasteiger partial charge is 0.234 e. The van der Waals surface area contributed by atoms with E-state index in [9.17, 15) is 9.59 Å². The largest absolute Gasteiger partial charge is 0.352 e. The highest BCUT2D eigenvalue weighted by Crippen LogP contribution is 2.17. The van der Waals surface area contributed by atoms with Crippen LogP contribution in [-0.2, 0) is 9.59 Å². The molecule has 2 N–H and O–H groups in total. The Balaban J connectivity index is 1.63. The first-order valence-electron chi connectivity index (χ1n) is 8.38. The minimum absolute atomic E-state index is 0.0618. The van der Waals surface area contributed by atoms with Crippen LogP contribution in [-0.4, -0.2) is 48.4 Å². The normalized spacial score (nSPS) is 21.0. The Morgan fingerprint density at radius 1 is 1.05 bits per heavy atom. The maximum atomic E-state index is 11.9. The van der Waals surface area contributed by atoms with Gasteiger partial charge in [0.15, 0.2) is 0 Å². The Morgan fingerprint density at radius 2 is 1.67 bits per heavy atom. The van der Waals surface area contributed by atoms with E-state index in [1.165, 1.54) is 25.7 Å². The lowest BCUT2D eigenvalue weighted by Crippen LogP contribution is -2.49. The number of hydrogen-bond acceptors (Lipinski definition) is 3.